The standard InChI is InChI=1S/C25H30N2O3/c1-17-5-6-23(29-4)21(11-17)16-27-9-7-26(8-10-27)15-20-14-25(28)30-24-13-19(3)18(2)12-22(20)24/h5-6,11-14H,7-10,15-16H2,1-4H3/p+2. The minimum Gasteiger partial charge on any atom is -0.496 e. The van der Waals surface area contributed by atoms with Crippen LogP contribution in [0.3, 0.4) is 0 Å². The summed E-state index contributed by atoms with van der Waals surface area (Å²) in [5, 5.41) is 1.07. The summed E-state index contributed by atoms with van der Waals surface area (Å²) in [6.07, 6.45) is 0. The van der Waals surface area contributed by atoms with Gasteiger partial charge in [0.15, 0.2) is 0 Å². The number of fused-ring (bicyclic) bond motifs is 1. The van der Waals surface area contributed by atoms with E-state index in [0.717, 1.165) is 61.5 Å². The van der Waals surface area contributed by atoms with E-state index >= 15 is 0 Å². The molecule has 0 saturated carbocycles. The third-order valence-electron chi connectivity index (χ3n) is 6.43. The molecule has 4 rings (SSSR count). The summed E-state index contributed by atoms with van der Waals surface area (Å²) in [5.41, 5.74) is 6.49. The van der Waals surface area contributed by atoms with E-state index in [-0.39, 0.29) is 5.63 Å². The minimum absolute atomic E-state index is 0.254. The van der Waals surface area contributed by atoms with E-state index in [9.17, 15) is 4.79 Å². The van der Waals surface area contributed by atoms with Crippen molar-refractivity contribution in [1.82, 2.24) is 0 Å². The molecule has 0 amide bonds. The highest BCUT2D eigenvalue weighted by molar-refractivity contribution is 5.81. The first-order chi connectivity index (χ1) is 14.4. The van der Waals surface area contributed by atoms with Crippen molar-refractivity contribution in [3.05, 3.63) is 74.6 Å². The number of aryl methyl sites for hydroxylation is 3. The Balaban J connectivity index is 1.45. The maximum Gasteiger partial charge on any atom is 0.336 e. The molecule has 2 aromatic carbocycles. The van der Waals surface area contributed by atoms with Gasteiger partial charge in [0, 0.05) is 22.6 Å². The van der Waals surface area contributed by atoms with E-state index in [0.29, 0.717) is 5.58 Å². The maximum absolute atomic E-state index is 12.1. The Bertz CT molecular complexity index is 1110. The number of methoxy groups -OCH3 is 1. The molecule has 0 bridgehead atoms. The lowest BCUT2D eigenvalue weighted by molar-refractivity contribution is -1.02. The van der Waals surface area contributed by atoms with Gasteiger partial charge in [-0.05, 0) is 56.2 Å². The molecule has 3 aromatic rings. The van der Waals surface area contributed by atoms with Crippen LogP contribution in [0.1, 0.15) is 27.8 Å². The normalized spacial score (nSPS) is 19.2. The molecule has 2 N–H and O–H groups in total. The first kappa shape index (κ1) is 20.6. The molecule has 1 fully saturated rings. The van der Waals surface area contributed by atoms with Crippen LogP contribution in [0.25, 0.3) is 11.0 Å². The summed E-state index contributed by atoms with van der Waals surface area (Å²) in [4.78, 5) is 15.2. The van der Waals surface area contributed by atoms with Crippen LogP contribution < -0.4 is 20.2 Å². The van der Waals surface area contributed by atoms with Crippen molar-refractivity contribution in [1.29, 1.82) is 0 Å². The zero-order valence-electron chi connectivity index (χ0n) is 18.4. The van der Waals surface area contributed by atoms with Crippen molar-refractivity contribution in [2.24, 2.45) is 0 Å². The minimum atomic E-state index is -0.254. The summed E-state index contributed by atoms with van der Waals surface area (Å²) in [6, 6.07) is 12.2. The van der Waals surface area contributed by atoms with E-state index in [4.69, 9.17) is 9.15 Å². The predicted molar refractivity (Wildman–Crippen MR) is 118 cm³/mol. The van der Waals surface area contributed by atoms with Crippen molar-refractivity contribution in [2.75, 3.05) is 33.3 Å². The molecule has 30 heavy (non-hydrogen) atoms. The Morgan fingerprint density at radius 1 is 0.867 bits per heavy atom. The van der Waals surface area contributed by atoms with Crippen LogP contribution in [0.15, 0.2) is 45.6 Å². The molecule has 158 valence electrons. The fourth-order valence-corrected chi connectivity index (χ4v) is 4.52. The van der Waals surface area contributed by atoms with Gasteiger partial charge in [-0.15, -0.1) is 0 Å². The van der Waals surface area contributed by atoms with Gasteiger partial charge in [-0.1, -0.05) is 11.6 Å². The van der Waals surface area contributed by atoms with E-state index < -0.39 is 0 Å². The lowest BCUT2D eigenvalue weighted by atomic mass is 10.0. The highest BCUT2D eigenvalue weighted by atomic mass is 16.5. The van der Waals surface area contributed by atoms with E-state index in [1.165, 1.54) is 21.6 Å². The van der Waals surface area contributed by atoms with Gasteiger partial charge in [0.05, 0.1) is 7.11 Å². The van der Waals surface area contributed by atoms with Crippen molar-refractivity contribution in [2.45, 2.75) is 33.9 Å². The van der Waals surface area contributed by atoms with Crippen LogP contribution in [0.5, 0.6) is 5.75 Å². The van der Waals surface area contributed by atoms with Crippen molar-refractivity contribution in [3.63, 3.8) is 0 Å². The SMILES string of the molecule is COc1ccc(C)cc1C[NH+]1CC[NH+](Cc2cc(=O)oc3cc(C)c(C)cc23)CC1. The van der Waals surface area contributed by atoms with Gasteiger partial charge in [-0.25, -0.2) is 4.79 Å². The average Bonchev–Trinajstić information content (AvgIpc) is 2.71. The molecule has 1 aliphatic rings. The van der Waals surface area contributed by atoms with Crippen LogP contribution in [-0.2, 0) is 13.1 Å². The third kappa shape index (κ3) is 4.42. The van der Waals surface area contributed by atoms with Crippen LogP contribution in [0, 0.1) is 20.8 Å². The predicted octanol–water partition coefficient (Wildman–Crippen LogP) is 1.21. The van der Waals surface area contributed by atoms with Crippen LogP contribution >= 0.6 is 0 Å². The molecule has 1 aromatic heterocycles. The van der Waals surface area contributed by atoms with Gasteiger partial charge in [-0.3, -0.25) is 0 Å². The molecule has 5 nitrogen and oxygen atoms in total. The molecule has 0 radical (unpaired) electrons. The number of hydrogen-bond donors (Lipinski definition) is 2. The molecular weight excluding hydrogens is 376 g/mol. The number of nitrogens with one attached hydrogen (secondary N) is 2. The lowest BCUT2D eigenvalue weighted by Crippen LogP contribution is -3.27. The van der Waals surface area contributed by atoms with Crippen molar-refractivity contribution < 1.29 is 19.0 Å². The summed E-state index contributed by atoms with van der Waals surface area (Å²) in [7, 11) is 1.75. The number of rotatable bonds is 5. The highest BCUT2D eigenvalue weighted by Gasteiger charge is 2.25. The second-order valence-corrected chi connectivity index (χ2v) is 8.69. The quantitative estimate of drug-likeness (QED) is 0.624. The second-order valence-electron chi connectivity index (χ2n) is 8.69. The Hall–Kier alpha value is -2.63. The monoisotopic (exact) mass is 408 g/mol. The van der Waals surface area contributed by atoms with Gasteiger partial charge >= 0.3 is 5.63 Å². The van der Waals surface area contributed by atoms with E-state index in [2.05, 4.69) is 45.0 Å². The topological polar surface area (TPSA) is 48.3 Å². The summed E-state index contributed by atoms with van der Waals surface area (Å²) >= 11 is 0. The average molecular weight is 409 g/mol. The van der Waals surface area contributed by atoms with Crippen molar-refractivity contribution in [3.8, 4) is 5.75 Å². The molecule has 1 saturated heterocycles. The van der Waals surface area contributed by atoms with Gasteiger partial charge in [0.1, 0.15) is 50.6 Å². The van der Waals surface area contributed by atoms with Gasteiger partial charge in [0.25, 0.3) is 0 Å². The number of hydrogen-bond acceptors (Lipinski definition) is 3. The first-order valence-electron chi connectivity index (χ1n) is 10.8. The lowest BCUT2D eigenvalue weighted by Gasteiger charge is -2.30. The number of benzene rings is 2. The van der Waals surface area contributed by atoms with Crippen molar-refractivity contribution >= 4 is 11.0 Å². The zero-order valence-corrected chi connectivity index (χ0v) is 18.4. The highest BCUT2D eigenvalue weighted by Crippen LogP contribution is 2.21. The second kappa shape index (κ2) is 8.62. The van der Waals surface area contributed by atoms with Crippen LogP contribution in [-0.4, -0.2) is 33.3 Å². The Kier molecular flexibility index (Phi) is 5.93. The van der Waals surface area contributed by atoms with Gasteiger partial charge in [-0.2, -0.15) is 0 Å². The molecule has 0 atom stereocenters. The molecule has 2 heterocycles. The number of ether oxygens (including phenoxy) is 1. The number of quaternary nitrogens is 2. The molecule has 1 aliphatic heterocycles. The molecule has 0 aliphatic carbocycles. The Morgan fingerprint density at radius 2 is 1.50 bits per heavy atom. The summed E-state index contributed by atoms with van der Waals surface area (Å²) in [6.45, 7) is 12.6. The number of piperazine rings is 1. The fourth-order valence-electron chi connectivity index (χ4n) is 4.52. The maximum atomic E-state index is 12.1. The first-order valence-corrected chi connectivity index (χ1v) is 10.8. The Morgan fingerprint density at radius 3 is 2.17 bits per heavy atom. The summed E-state index contributed by atoms with van der Waals surface area (Å²) < 4.78 is 11.0. The van der Waals surface area contributed by atoms with Gasteiger partial charge < -0.3 is 19.0 Å². The largest absolute Gasteiger partial charge is 0.496 e. The van der Waals surface area contributed by atoms with Gasteiger partial charge in [0.2, 0.25) is 0 Å². The van der Waals surface area contributed by atoms with E-state index in [1.54, 1.807) is 18.1 Å². The van der Waals surface area contributed by atoms with Crippen LogP contribution in [0.4, 0.5) is 0 Å². The summed E-state index contributed by atoms with van der Waals surface area (Å²) in [5.74, 6) is 0.982. The smallest absolute Gasteiger partial charge is 0.336 e. The molecular formula is C25H32N2O3+2. The Labute approximate surface area is 177 Å². The van der Waals surface area contributed by atoms with E-state index in [1.807, 2.05) is 6.07 Å². The zero-order chi connectivity index (χ0) is 21.3. The molecule has 0 unspecified atom stereocenters. The molecule has 5 heteroatoms. The van der Waals surface area contributed by atoms with Crippen LogP contribution in [0.2, 0.25) is 0 Å². The fraction of sp³-hybridized carbons (Fsp3) is 0.400. The molecule has 0 spiro atoms. The third-order valence-corrected chi connectivity index (χ3v) is 6.43.